The number of carbonyl (C=O) groups is 1. The molecule has 4 heterocycles. The van der Waals surface area contributed by atoms with Gasteiger partial charge >= 0.3 is 0 Å². The predicted molar refractivity (Wildman–Crippen MR) is 117 cm³/mol. The van der Waals surface area contributed by atoms with Crippen LogP contribution in [0.4, 0.5) is 4.39 Å². The lowest BCUT2D eigenvalue weighted by molar-refractivity contribution is 0.0780. The summed E-state index contributed by atoms with van der Waals surface area (Å²) in [7, 11) is 0. The number of allylic oxidation sites excluding steroid dienone is 1. The van der Waals surface area contributed by atoms with Crippen LogP contribution in [-0.4, -0.2) is 55.5 Å². The van der Waals surface area contributed by atoms with Crippen LogP contribution in [0.3, 0.4) is 0 Å². The molecule has 2 aromatic heterocycles. The molecule has 33 heavy (non-hydrogen) atoms. The van der Waals surface area contributed by atoms with Crippen molar-refractivity contribution in [2.24, 2.45) is 11.8 Å². The van der Waals surface area contributed by atoms with E-state index in [0.717, 1.165) is 41.2 Å². The maximum absolute atomic E-state index is 14.7. The lowest BCUT2D eigenvalue weighted by Crippen LogP contribution is -2.31. The van der Waals surface area contributed by atoms with E-state index in [2.05, 4.69) is 16.3 Å². The Labute approximate surface area is 190 Å². The number of hydrogen-bond donors (Lipinski definition) is 0. The number of carbonyl (C=O) groups excluding carboxylic acids is 1. The maximum atomic E-state index is 14.7. The number of aromatic nitrogens is 5. The molecule has 1 aliphatic carbocycles. The van der Waals surface area contributed by atoms with Gasteiger partial charge in [-0.3, -0.25) is 4.79 Å². The molecule has 0 saturated carbocycles. The summed E-state index contributed by atoms with van der Waals surface area (Å²) < 4.78 is 20.3. The second-order valence-corrected chi connectivity index (χ2v) is 8.84. The predicted octanol–water partition coefficient (Wildman–Crippen LogP) is 2.75. The molecule has 1 saturated heterocycles. The molecule has 6 rings (SSSR count). The summed E-state index contributed by atoms with van der Waals surface area (Å²) in [6, 6.07) is 4.52. The number of hydrogen-bond acceptors (Lipinski definition) is 6. The largest absolute Gasteiger partial charge is 0.376 e. The number of aryl methyl sites for hydroxylation is 1. The minimum atomic E-state index is -0.565. The molecule has 1 aromatic carbocycles. The molecule has 0 spiro atoms. The van der Waals surface area contributed by atoms with Gasteiger partial charge in [0.05, 0.1) is 31.3 Å². The van der Waals surface area contributed by atoms with Crippen molar-refractivity contribution in [2.45, 2.75) is 26.4 Å². The molecular formula is C24H23FN6O2. The van der Waals surface area contributed by atoms with Crippen LogP contribution in [0.25, 0.3) is 11.3 Å². The van der Waals surface area contributed by atoms with Gasteiger partial charge in [0, 0.05) is 30.8 Å². The highest BCUT2D eigenvalue weighted by Crippen LogP contribution is 2.41. The summed E-state index contributed by atoms with van der Waals surface area (Å²) in [5.74, 6) is 0.396. The Bertz CT molecular complexity index is 1270. The zero-order chi connectivity index (χ0) is 22.5. The highest BCUT2D eigenvalue weighted by atomic mass is 19.1. The average Bonchev–Trinajstić information content (AvgIpc) is 3.55. The van der Waals surface area contributed by atoms with Crippen molar-refractivity contribution in [3.05, 3.63) is 70.8 Å². The van der Waals surface area contributed by atoms with Gasteiger partial charge in [-0.15, -0.1) is 0 Å². The molecule has 3 aliphatic rings. The normalized spacial score (nSPS) is 21.6. The van der Waals surface area contributed by atoms with E-state index in [4.69, 9.17) is 14.7 Å². The Morgan fingerprint density at radius 3 is 2.85 bits per heavy atom. The van der Waals surface area contributed by atoms with Crippen LogP contribution in [0, 0.1) is 24.6 Å². The van der Waals surface area contributed by atoms with Gasteiger partial charge in [0.15, 0.2) is 5.82 Å². The summed E-state index contributed by atoms with van der Waals surface area (Å²) in [6.45, 7) is 4.40. The number of rotatable bonds is 3. The van der Waals surface area contributed by atoms with Crippen LogP contribution in [0.5, 0.6) is 0 Å². The number of amides is 1. The van der Waals surface area contributed by atoms with Crippen LogP contribution in [0.1, 0.15) is 39.6 Å². The van der Waals surface area contributed by atoms with E-state index in [1.807, 2.05) is 6.92 Å². The molecule has 3 aromatic rings. The lowest BCUT2D eigenvalue weighted by Gasteiger charge is -2.20. The number of nitrogens with zero attached hydrogens (tertiary/aromatic N) is 6. The fourth-order valence-corrected chi connectivity index (χ4v) is 5.17. The van der Waals surface area contributed by atoms with Crippen LogP contribution < -0.4 is 0 Å². The molecule has 1 amide bonds. The molecule has 1 fully saturated rings. The Balaban J connectivity index is 1.24. The maximum Gasteiger partial charge on any atom is 0.259 e. The number of halogens is 1. The van der Waals surface area contributed by atoms with Crippen molar-refractivity contribution >= 4 is 11.5 Å². The molecule has 2 atom stereocenters. The fourth-order valence-electron chi connectivity index (χ4n) is 5.17. The second kappa shape index (κ2) is 7.84. The smallest absolute Gasteiger partial charge is 0.259 e. The van der Waals surface area contributed by atoms with E-state index in [1.165, 1.54) is 23.3 Å². The average molecular weight is 446 g/mol. The van der Waals surface area contributed by atoms with Gasteiger partial charge in [-0.25, -0.2) is 14.4 Å². The first-order valence-electron chi connectivity index (χ1n) is 11.2. The Morgan fingerprint density at radius 2 is 2.03 bits per heavy atom. The highest BCUT2D eigenvalue weighted by molar-refractivity contribution is 5.98. The first-order chi connectivity index (χ1) is 16.1. The van der Waals surface area contributed by atoms with Crippen molar-refractivity contribution in [1.29, 1.82) is 0 Å². The summed E-state index contributed by atoms with van der Waals surface area (Å²) in [5.41, 5.74) is 4.66. The topological polar surface area (TPSA) is 86.0 Å². The van der Waals surface area contributed by atoms with Crippen LogP contribution >= 0.6 is 0 Å². The molecular weight excluding hydrogens is 423 g/mol. The van der Waals surface area contributed by atoms with Gasteiger partial charge in [-0.1, -0.05) is 12.1 Å². The van der Waals surface area contributed by atoms with Gasteiger partial charge in [-0.2, -0.15) is 15.0 Å². The fraction of sp³-hybridized carbons (Fsp3) is 0.375. The van der Waals surface area contributed by atoms with Crippen molar-refractivity contribution in [2.75, 3.05) is 19.7 Å². The van der Waals surface area contributed by atoms with Crippen molar-refractivity contribution in [3.63, 3.8) is 0 Å². The number of ether oxygens (including phenoxy) is 1. The zero-order valence-electron chi connectivity index (χ0n) is 18.2. The second-order valence-electron chi connectivity index (χ2n) is 8.84. The molecule has 168 valence electrons. The highest BCUT2D eigenvalue weighted by Gasteiger charge is 2.40. The number of fused-ring (bicyclic) bond motifs is 2. The quantitative estimate of drug-likeness (QED) is 0.615. The summed E-state index contributed by atoms with van der Waals surface area (Å²) >= 11 is 0. The van der Waals surface area contributed by atoms with Crippen LogP contribution in [-0.2, 0) is 17.8 Å². The third-order valence-corrected chi connectivity index (χ3v) is 6.83. The van der Waals surface area contributed by atoms with E-state index in [0.29, 0.717) is 32.0 Å². The van der Waals surface area contributed by atoms with Gasteiger partial charge in [-0.05, 0) is 42.9 Å². The van der Waals surface area contributed by atoms with E-state index in [1.54, 1.807) is 17.0 Å². The molecule has 0 bridgehead atoms. The molecule has 8 nitrogen and oxygen atoms in total. The third-order valence-electron chi connectivity index (χ3n) is 6.83. The molecule has 9 heteroatoms. The van der Waals surface area contributed by atoms with E-state index < -0.39 is 5.82 Å². The molecule has 2 unspecified atom stereocenters. The van der Waals surface area contributed by atoms with Gasteiger partial charge in [0.1, 0.15) is 17.1 Å². The van der Waals surface area contributed by atoms with Crippen molar-refractivity contribution in [3.8, 4) is 5.69 Å². The SMILES string of the molecule is Cc1nc(C2=CC3CN(C(=O)c4c(F)cccc4-n4nccn4)CC3C2)nc2c1COCC2. The Kier molecular flexibility index (Phi) is 4.79. The first-order valence-corrected chi connectivity index (χ1v) is 11.2. The summed E-state index contributed by atoms with van der Waals surface area (Å²) in [5, 5.41) is 8.15. The van der Waals surface area contributed by atoms with Gasteiger partial charge in [0.2, 0.25) is 0 Å². The van der Waals surface area contributed by atoms with Gasteiger partial charge in [0.25, 0.3) is 5.91 Å². The number of benzene rings is 1. The Morgan fingerprint density at radius 1 is 1.18 bits per heavy atom. The minimum absolute atomic E-state index is 0.00809. The van der Waals surface area contributed by atoms with E-state index in [9.17, 15) is 9.18 Å². The van der Waals surface area contributed by atoms with Crippen LogP contribution in [0.15, 0.2) is 36.7 Å². The van der Waals surface area contributed by atoms with Crippen molar-refractivity contribution in [1.82, 2.24) is 29.9 Å². The molecule has 0 N–H and O–H groups in total. The van der Waals surface area contributed by atoms with E-state index >= 15 is 0 Å². The lowest BCUT2D eigenvalue weighted by atomic mass is 9.99. The van der Waals surface area contributed by atoms with Crippen molar-refractivity contribution < 1.29 is 13.9 Å². The van der Waals surface area contributed by atoms with Gasteiger partial charge < -0.3 is 9.64 Å². The molecule has 0 radical (unpaired) electrons. The molecule has 2 aliphatic heterocycles. The first kappa shape index (κ1) is 20.2. The number of likely N-dealkylation sites (tertiary alicyclic amines) is 1. The summed E-state index contributed by atoms with van der Waals surface area (Å²) in [6.07, 6.45) is 6.83. The third kappa shape index (κ3) is 3.43. The zero-order valence-corrected chi connectivity index (χ0v) is 18.2. The standard InChI is InChI=1S/C24H23FN6O2/c1-14-18-13-33-8-5-20(18)29-23(28-14)15-9-16-11-30(12-17(16)10-15)24(32)22-19(25)3-2-4-21(22)31-26-6-7-27-31/h2-4,6-7,9,16-17H,5,8,10-13H2,1H3. The Hall–Kier alpha value is -3.46. The summed E-state index contributed by atoms with van der Waals surface area (Å²) in [4.78, 5) is 25.9. The monoisotopic (exact) mass is 446 g/mol. The van der Waals surface area contributed by atoms with E-state index in [-0.39, 0.29) is 23.3 Å². The minimum Gasteiger partial charge on any atom is -0.376 e. The van der Waals surface area contributed by atoms with Crippen LogP contribution in [0.2, 0.25) is 0 Å².